The molecule has 3 N–H and O–H groups in total. The first-order valence-corrected chi connectivity index (χ1v) is 11.6. The fraction of sp³-hybridized carbons (Fsp3) is 0.286. The second-order valence-corrected chi connectivity index (χ2v) is 8.64. The van der Waals surface area contributed by atoms with Crippen molar-refractivity contribution in [2.75, 3.05) is 6.54 Å². The third-order valence-corrected chi connectivity index (χ3v) is 6.28. The second kappa shape index (κ2) is 10.5. The molecule has 0 unspecified atom stereocenters. The number of aryl methyl sites for hydroxylation is 1. The van der Waals surface area contributed by atoms with E-state index in [9.17, 15) is 9.90 Å². The Bertz CT molecular complexity index is 1170. The first kappa shape index (κ1) is 23.5. The summed E-state index contributed by atoms with van der Waals surface area (Å²) in [6.45, 7) is 5.93. The average Bonchev–Trinajstić information content (AvgIpc) is 3.26. The number of nitrogens with two attached hydrogens (primary N) is 1. The molecule has 0 fully saturated rings. The molecule has 1 amide bonds. The number of hydrogen-bond acceptors (Lipinski definition) is 5. The van der Waals surface area contributed by atoms with Gasteiger partial charge in [-0.05, 0) is 49.5 Å². The van der Waals surface area contributed by atoms with Crippen molar-refractivity contribution in [2.45, 2.75) is 44.7 Å². The Morgan fingerprint density at radius 2 is 2.18 bits per heavy atom. The predicted molar refractivity (Wildman–Crippen MR) is 134 cm³/mol. The van der Waals surface area contributed by atoms with E-state index >= 15 is 0 Å². The molecule has 2 aliphatic rings. The largest absolute Gasteiger partial charge is 0.508 e. The van der Waals surface area contributed by atoms with E-state index in [-0.39, 0.29) is 17.7 Å². The molecular weight excluding hydrogens is 426 g/mol. The van der Waals surface area contributed by atoms with E-state index in [0.29, 0.717) is 25.3 Å². The zero-order valence-electron chi connectivity index (χ0n) is 19.5. The fourth-order valence-electron chi connectivity index (χ4n) is 4.44. The number of aromatic nitrogens is 1. The van der Waals surface area contributed by atoms with Gasteiger partial charge in [-0.1, -0.05) is 61.2 Å². The van der Waals surface area contributed by atoms with Crippen molar-refractivity contribution in [1.29, 1.82) is 0 Å². The molecule has 1 aromatic heterocycles. The number of amides is 1. The Kier molecular flexibility index (Phi) is 7.28. The minimum atomic E-state index is -0.705. The van der Waals surface area contributed by atoms with Crippen LogP contribution in [0.2, 0.25) is 0 Å². The Morgan fingerprint density at radius 1 is 1.38 bits per heavy atom. The lowest BCUT2D eigenvalue weighted by atomic mass is 9.87. The lowest BCUT2D eigenvalue weighted by molar-refractivity contribution is -0.135. The van der Waals surface area contributed by atoms with Crippen molar-refractivity contribution >= 4 is 5.91 Å². The molecule has 34 heavy (non-hydrogen) atoms. The molecule has 1 aromatic carbocycles. The average molecular weight is 458 g/mol. The standard InChI is InChI=1S/C28H31N3O3/c1-3-23(32)15-9-10-16-24(29)28(33)31-18-22-14-8-7-13-21(22)17-25(31)27-30-26(19(2)34-27)20-11-5-4-6-12-20/h3-7,9-13,15,24-25,32H,1,8,14,16-18,29H2,2H3/b10-9+,23-15+/t24-,25-/m0/s1. The van der Waals surface area contributed by atoms with Crippen LogP contribution in [-0.2, 0) is 4.79 Å². The van der Waals surface area contributed by atoms with Gasteiger partial charge < -0.3 is 20.2 Å². The molecule has 2 heterocycles. The third-order valence-electron chi connectivity index (χ3n) is 6.28. The van der Waals surface area contributed by atoms with Gasteiger partial charge in [0, 0.05) is 18.5 Å². The van der Waals surface area contributed by atoms with Crippen LogP contribution >= 0.6 is 0 Å². The molecule has 6 nitrogen and oxygen atoms in total. The van der Waals surface area contributed by atoms with Crippen molar-refractivity contribution < 1.29 is 14.3 Å². The van der Waals surface area contributed by atoms with E-state index in [4.69, 9.17) is 15.1 Å². The minimum absolute atomic E-state index is 0.0607. The van der Waals surface area contributed by atoms with Gasteiger partial charge in [0.1, 0.15) is 23.3 Å². The lowest BCUT2D eigenvalue weighted by Gasteiger charge is -2.38. The van der Waals surface area contributed by atoms with Gasteiger partial charge in [0.25, 0.3) is 0 Å². The van der Waals surface area contributed by atoms with Crippen LogP contribution in [-0.4, -0.2) is 33.5 Å². The maximum atomic E-state index is 13.5. The summed E-state index contributed by atoms with van der Waals surface area (Å²) in [6, 6.07) is 8.90. The molecule has 0 saturated heterocycles. The maximum Gasteiger partial charge on any atom is 0.240 e. The van der Waals surface area contributed by atoms with Crippen molar-refractivity contribution in [3.63, 3.8) is 0 Å². The van der Waals surface area contributed by atoms with Crippen LogP contribution in [0.15, 0.2) is 94.7 Å². The Labute approximate surface area is 200 Å². The van der Waals surface area contributed by atoms with Crippen LogP contribution in [0.4, 0.5) is 0 Å². The van der Waals surface area contributed by atoms with Gasteiger partial charge in [0.05, 0.1) is 6.04 Å². The first-order valence-electron chi connectivity index (χ1n) is 11.6. The van der Waals surface area contributed by atoms with Crippen molar-refractivity contribution in [3.05, 3.63) is 102 Å². The third kappa shape index (κ3) is 5.13. The van der Waals surface area contributed by atoms with Crippen LogP contribution in [0.25, 0.3) is 11.3 Å². The van der Waals surface area contributed by atoms with E-state index in [2.05, 4.69) is 18.7 Å². The molecule has 0 bridgehead atoms. The SMILES string of the molecule is C=C/C(O)=C\C=C\C[C@H](N)C(=O)N1CC2=C(C=CCC2)C[C@H]1c1nc(-c2ccccc2)c(C)o1. The topological polar surface area (TPSA) is 92.6 Å². The molecule has 6 heteroatoms. The molecular formula is C28H31N3O3. The number of allylic oxidation sites excluding steroid dienone is 5. The van der Waals surface area contributed by atoms with E-state index in [1.165, 1.54) is 23.3 Å². The summed E-state index contributed by atoms with van der Waals surface area (Å²) in [5, 5.41) is 9.47. The highest BCUT2D eigenvalue weighted by Gasteiger charge is 2.37. The van der Waals surface area contributed by atoms with Gasteiger partial charge in [0.2, 0.25) is 11.8 Å². The number of carbonyl (C=O) groups excluding carboxylic acids is 1. The van der Waals surface area contributed by atoms with Gasteiger partial charge in [-0.25, -0.2) is 4.98 Å². The van der Waals surface area contributed by atoms with Crippen molar-refractivity contribution in [3.8, 4) is 11.3 Å². The number of hydrogen-bond donors (Lipinski definition) is 2. The number of rotatable bonds is 7. The summed E-state index contributed by atoms with van der Waals surface area (Å²) in [5.41, 5.74) is 10.6. The molecule has 0 saturated carbocycles. The molecule has 1 aliphatic heterocycles. The summed E-state index contributed by atoms with van der Waals surface area (Å²) in [4.78, 5) is 20.1. The van der Waals surface area contributed by atoms with Crippen LogP contribution in [0.5, 0.6) is 0 Å². The number of aliphatic hydroxyl groups is 1. The van der Waals surface area contributed by atoms with E-state index < -0.39 is 6.04 Å². The molecule has 2 aromatic rings. The zero-order chi connectivity index (χ0) is 24.1. The van der Waals surface area contributed by atoms with Gasteiger partial charge >= 0.3 is 0 Å². The maximum absolute atomic E-state index is 13.5. The second-order valence-electron chi connectivity index (χ2n) is 8.64. The quantitative estimate of drug-likeness (QED) is 0.425. The van der Waals surface area contributed by atoms with Gasteiger partial charge in [-0.2, -0.15) is 0 Å². The number of carbonyl (C=O) groups is 1. The summed E-state index contributed by atoms with van der Waals surface area (Å²) in [7, 11) is 0. The summed E-state index contributed by atoms with van der Waals surface area (Å²) >= 11 is 0. The zero-order valence-corrected chi connectivity index (χ0v) is 19.5. The van der Waals surface area contributed by atoms with E-state index in [0.717, 1.165) is 29.9 Å². The number of nitrogens with zero attached hydrogens (tertiary/aromatic N) is 2. The summed E-state index contributed by atoms with van der Waals surface area (Å²) in [6.07, 6.45) is 13.6. The predicted octanol–water partition coefficient (Wildman–Crippen LogP) is 5.47. The number of oxazole rings is 1. The van der Waals surface area contributed by atoms with Crippen LogP contribution in [0, 0.1) is 6.92 Å². The lowest BCUT2D eigenvalue weighted by Crippen LogP contribution is -2.48. The van der Waals surface area contributed by atoms with Gasteiger partial charge in [-0.3, -0.25) is 4.79 Å². The van der Waals surface area contributed by atoms with E-state index in [1.807, 2.05) is 42.2 Å². The van der Waals surface area contributed by atoms with Gasteiger partial charge in [0.15, 0.2) is 0 Å². The molecule has 0 radical (unpaired) electrons. The first-order chi connectivity index (χ1) is 16.5. The molecule has 176 valence electrons. The highest BCUT2D eigenvalue weighted by molar-refractivity contribution is 5.83. The molecule has 4 rings (SSSR count). The minimum Gasteiger partial charge on any atom is -0.508 e. The van der Waals surface area contributed by atoms with Crippen LogP contribution < -0.4 is 5.73 Å². The van der Waals surface area contributed by atoms with Crippen LogP contribution in [0.1, 0.15) is 43.4 Å². The smallest absolute Gasteiger partial charge is 0.240 e. The Morgan fingerprint density at radius 3 is 2.94 bits per heavy atom. The number of aliphatic hydroxyl groups excluding tert-OH is 1. The normalized spacial score (nSPS) is 19.4. The highest BCUT2D eigenvalue weighted by Crippen LogP contribution is 2.39. The summed E-state index contributed by atoms with van der Waals surface area (Å²) in [5.74, 6) is 1.20. The summed E-state index contributed by atoms with van der Waals surface area (Å²) < 4.78 is 6.13. The van der Waals surface area contributed by atoms with Crippen molar-refractivity contribution in [1.82, 2.24) is 9.88 Å². The molecule has 1 aliphatic carbocycles. The Balaban J connectivity index is 1.61. The number of benzene rings is 1. The van der Waals surface area contributed by atoms with Gasteiger partial charge in [-0.15, -0.1) is 0 Å². The molecule has 0 spiro atoms. The fourth-order valence-corrected chi connectivity index (χ4v) is 4.44. The van der Waals surface area contributed by atoms with Crippen LogP contribution in [0.3, 0.4) is 0 Å². The molecule has 2 atom stereocenters. The monoisotopic (exact) mass is 457 g/mol. The highest BCUT2D eigenvalue weighted by atomic mass is 16.4. The van der Waals surface area contributed by atoms with Crippen molar-refractivity contribution in [2.24, 2.45) is 5.73 Å². The van der Waals surface area contributed by atoms with E-state index in [1.54, 1.807) is 12.2 Å². The Hall–Kier alpha value is -3.64.